The number of H-pyrrole nitrogens is 1. The van der Waals surface area contributed by atoms with E-state index >= 15 is 0 Å². The van der Waals surface area contributed by atoms with Crippen molar-refractivity contribution in [3.05, 3.63) is 76.2 Å². The summed E-state index contributed by atoms with van der Waals surface area (Å²) in [5, 5.41) is 7.88. The summed E-state index contributed by atoms with van der Waals surface area (Å²) >= 11 is 0. The minimum Gasteiger partial charge on any atom is -0.326 e. The molecule has 2 aromatic carbocycles. The number of nitrogens with two attached hydrogens (primary N) is 1. The van der Waals surface area contributed by atoms with Crippen LogP contribution in [-0.4, -0.2) is 24.3 Å². The topological polar surface area (TPSA) is 135 Å². The van der Waals surface area contributed by atoms with E-state index < -0.39 is 10.0 Å². The third kappa shape index (κ3) is 5.59. The predicted molar refractivity (Wildman–Crippen MR) is 110 cm³/mol. The molecule has 0 saturated carbocycles. The number of benzene rings is 2. The highest BCUT2D eigenvalue weighted by molar-refractivity contribution is 7.89. The van der Waals surface area contributed by atoms with Gasteiger partial charge in [0, 0.05) is 29.4 Å². The highest BCUT2D eigenvalue weighted by Crippen LogP contribution is 2.19. The lowest BCUT2D eigenvalue weighted by molar-refractivity contribution is -0.116. The molecule has 3 aromatic rings. The van der Waals surface area contributed by atoms with E-state index in [-0.39, 0.29) is 22.8 Å². The van der Waals surface area contributed by atoms with Crippen LogP contribution >= 0.6 is 0 Å². The molecule has 0 fully saturated rings. The van der Waals surface area contributed by atoms with Gasteiger partial charge < -0.3 is 10.3 Å². The molecule has 0 radical (unpaired) electrons. The summed E-state index contributed by atoms with van der Waals surface area (Å²) in [7, 11) is -3.73. The summed E-state index contributed by atoms with van der Waals surface area (Å²) in [6, 6.07) is 14.5. The first-order chi connectivity index (χ1) is 13.7. The molecule has 8 nitrogen and oxygen atoms in total. The van der Waals surface area contributed by atoms with Crippen LogP contribution in [0.3, 0.4) is 0 Å². The van der Waals surface area contributed by atoms with Crippen LogP contribution in [0.2, 0.25) is 0 Å². The van der Waals surface area contributed by atoms with Crippen LogP contribution in [0.5, 0.6) is 0 Å². The molecule has 0 bridgehead atoms. The van der Waals surface area contributed by atoms with Gasteiger partial charge in [-0.1, -0.05) is 24.3 Å². The van der Waals surface area contributed by atoms with Gasteiger partial charge in [0.05, 0.1) is 4.90 Å². The zero-order valence-corrected chi connectivity index (χ0v) is 16.5. The molecule has 3 rings (SSSR count). The minimum absolute atomic E-state index is 0.0327. The number of primary sulfonamides is 1. The summed E-state index contributed by atoms with van der Waals surface area (Å²) in [6.45, 7) is 1.74. The van der Waals surface area contributed by atoms with E-state index in [2.05, 4.69) is 15.3 Å². The lowest BCUT2D eigenvalue weighted by Crippen LogP contribution is -2.13. The van der Waals surface area contributed by atoms with Crippen molar-refractivity contribution in [3.8, 4) is 11.4 Å². The normalized spacial score (nSPS) is 11.2. The Labute approximate surface area is 167 Å². The van der Waals surface area contributed by atoms with Crippen molar-refractivity contribution in [2.24, 2.45) is 5.14 Å². The molecule has 9 heteroatoms. The van der Waals surface area contributed by atoms with Gasteiger partial charge in [-0.2, -0.15) is 0 Å². The molecule has 1 heterocycles. The number of hydrogen-bond donors (Lipinski definition) is 3. The van der Waals surface area contributed by atoms with Crippen LogP contribution in [0.15, 0.2) is 64.3 Å². The van der Waals surface area contributed by atoms with Gasteiger partial charge in [-0.05, 0) is 43.2 Å². The van der Waals surface area contributed by atoms with E-state index in [0.29, 0.717) is 29.2 Å². The van der Waals surface area contributed by atoms with Crippen molar-refractivity contribution in [2.45, 2.75) is 24.7 Å². The molecule has 0 saturated heterocycles. The average Bonchev–Trinajstić information content (AvgIpc) is 2.65. The van der Waals surface area contributed by atoms with E-state index in [9.17, 15) is 18.0 Å². The molecule has 0 aliphatic carbocycles. The van der Waals surface area contributed by atoms with Crippen LogP contribution in [-0.2, 0) is 21.2 Å². The second kappa shape index (κ2) is 8.38. The number of hydrogen-bond acceptors (Lipinski definition) is 5. The standard InChI is InChI=1S/C20H20N4O4S/c1-13-11-19(26)24-20(22-13)15-3-2-4-16(12-15)23-18(25)10-7-14-5-8-17(9-6-14)29(21,27)28/h2-6,8-9,11-12H,7,10H2,1H3,(H,23,25)(H2,21,27,28)(H,22,24,26). The Bertz CT molecular complexity index is 1200. The largest absolute Gasteiger partial charge is 0.326 e. The highest BCUT2D eigenvalue weighted by Gasteiger charge is 2.09. The van der Waals surface area contributed by atoms with Crippen LogP contribution in [0, 0.1) is 6.92 Å². The van der Waals surface area contributed by atoms with Gasteiger partial charge in [0.1, 0.15) is 5.82 Å². The molecule has 0 unspecified atom stereocenters. The first-order valence-corrected chi connectivity index (χ1v) is 10.4. The van der Waals surface area contributed by atoms with Crippen molar-refractivity contribution < 1.29 is 13.2 Å². The monoisotopic (exact) mass is 412 g/mol. The summed E-state index contributed by atoms with van der Waals surface area (Å²) in [5.74, 6) is 0.240. The van der Waals surface area contributed by atoms with Gasteiger partial charge >= 0.3 is 0 Å². The number of aryl methyl sites for hydroxylation is 2. The number of nitrogens with one attached hydrogen (secondary N) is 2. The molecule has 0 aliphatic rings. The van der Waals surface area contributed by atoms with Crippen molar-refractivity contribution in [3.63, 3.8) is 0 Å². The first-order valence-electron chi connectivity index (χ1n) is 8.81. The van der Waals surface area contributed by atoms with Gasteiger partial charge in [0.2, 0.25) is 15.9 Å². The second-order valence-corrected chi connectivity index (χ2v) is 8.11. The Hall–Kier alpha value is -3.30. The van der Waals surface area contributed by atoms with Crippen LogP contribution in [0.25, 0.3) is 11.4 Å². The SMILES string of the molecule is Cc1cc(=O)[nH]c(-c2cccc(NC(=O)CCc3ccc(S(N)(=O)=O)cc3)c2)n1. The maximum atomic E-state index is 12.3. The number of aromatic amines is 1. The van der Waals surface area contributed by atoms with Crippen molar-refractivity contribution in [1.82, 2.24) is 9.97 Å². The fourth-order valence-electron chi connectivity index (χ4n) is 2.79. The number of rotatable bonds is 6. The Kier molecular flexibility index (Phi) is 5.90. The van der Waals surface area contributed by atoms with Crippen LogP contribution < -0.4 is 16.0 Å². The summed E-state index contributed by atoms with van der Waals surface area (Å²) in [6.07, 6.45) is 0.668. The third-order valence-electron chi connectivity index (χ3n) is 4.18. The smallest absolute Gasteiger partial charge is 0.251 e. The maximum absolute atomic E-state index is 12.3. The van der Waals surface area contributed by atoms with Crippen molar-refractivity contribution >= 4 is 21.6 Å². The van der Waals surface area contributed by atoms with E-state index in [0.717, 1.165) is 5.56 Å². The van der Waals surface area contributed by atoms with Crippen molar-refractivity contribution in [2.75, 3.05) is 5.32 Å². The quantitative estimate of drug-likeness (QED) is 0.569. The Morgan fingerprint density at radius 2 is 1.86 bits per heavy atom. The number of carbonyl (C=O) groups excluding carboxylic acids is 1. The van der Waals surface area contributed by atoms with Crippen LogP contribution in [0.1, 0.15) is 17.7 Å². The Balaban J connectivity index is 1.64. The predicted octanol–water partition coefficient (Wildman–Crippen LogP) is 1.96. The van der Waals surface area contributed by atoms with E-state index in [1.807, 2.05) is 0 Å². The average molecular weight is 412 g/mol. The first kappa shape index (κ1) is 20.4. The fraction of sp³-hybridized carbons (Fsp3) is 0.150. The zero-order valence-electron chi connectivity index (χ0n) is 15.7. The van der Waals surface area contributed by atoms with Crippen molar-refractivity contribution in [1.29, 1.82) is 0 Å². The van der Waals surface area contributed by atoms with Gasteiger partial charge in [-0.25, -0.2) is 18.5 Å². The summed E-state index contributed by atoms with van der Waals surface area (Å²) < 4.78 is 22.5. The molecule has 150 valence electrons. The lowest BCUT2D eigenvalue weighted by atomic mass is 10.1. The number of aromatic nitrogens is 2. The van der Waals surface area contributed by atoms with Gasteiger partial charge in [0.25, 0.3) is 5.56 Å². The summed E-state index contributed by atoms with van der Waals surface area (Å²) in [5.41, 5.74) is 2.45. The van der Waals surface area contributed by atoms with Gasteiger partial charge in [-0.3, -0.25) is 9.59 Å². The fourth-order valence-corrected chi connectivity index (χ4v) is 3.30. The second-order valence-electron chi connectivity index (χ2n) is 6.55. The van der Waals surface area contributed by atoms with E-state index in [1.54, 1.807) is 43.3 Å². The molecule has 0 spiro atoms. The Morgan fingerprint density at radius 1 is 1.14 bits per heavy atom. The molecule has 0 atom stereocenters. The maximum Gasteiger partial charge on any atom is 0.251 e. The number of sulfonamides is 1. The zero-order chi connectivity index (χ0) is 21.0. The van der Waals surface area contributed by atoms with E-state index in [4.69, 9.17) is 5.14 Å². The molecule has 1 amide bonds. The number of nitrogens with zero attached hydrogens (tertiary/aromatic N) is 1. The highest BCUT2D eigenvalue weighted by atomic mass is 32.2. The number of anilines is 1. The Morgan fingerprint density at radius 3 is 2.52 bits per heavy atom. The van der Waals surface area contributed by atoms with Gasteiger partial charge in [0.15, 0.2) is 0 Å². The number of amides is 1. The molecule has 0 aliphatic heterocycles. The minimum atomic E-state index is -3.73. The molecule has 4 N–H and O–H groups in total. The van der Waals surface area contributed by atoms with Gasteiger partial charge in [-0.15, -0.1) is 0 Å². The molecular weight excluding hydrogens is 392 g/mol. The summed E-state index contributed by atoms with van der Waals surface area (Å²) in [4.78, 5) is 30.9. The number of carbonyl (C=O) groups is 1. The third-order valence-corrected chi connectivity index (χ3v) is 5.11. The van der Waals surface area contributed by atoms with E-state index in [1.165, 1.54) is 18.2 Å². The lowest BCUT2D eigenvalue weighted by Gasteiger charge is -2.08. The van der Waals surface area contributed by atoms with Crippen LogP contribution in [0.4, 0.5) is 5.69 Å². The molecule has 1 aromatic heterocycles. The molecule has 29 heavy (non-hydrogen) atoms. The molecular formula is C20H20N4O4S.